The minimum atomic E-state index is 0.505. The molecule has 19 heavy (non-hydrogen) atoms. The second kappa shape index (κ2) is 7.06. The number of rotatable bonds is 7. The van der Waals surface area contributed by atoms with E-state index >= 15 is 0 Å². The highest BCUT2D eigenvalue weighted by molar-refractivity contribution is 6.18. The number of hydrogen-bond donors (Lipinski definition) is 0. The fourth-order valence-electron chi connectivity index (χ4n) is 1.73. The summed E-state index contributed by atoms with van der Waals surface area (Å²) in [7, 11) is 1.67. The van der Waals surface area contributed by atoms with E-state index in [1.54, 1.807) is 11.8 Å². The molecule has 0 saturated carbocycles. The Labute approximate surface area is 116 Å². The molecule has 6 nitrogen and oxygen atoms in total. The molecule has 1 heterocycles. The van der Waals surface area contributed by atoms with Crippen LogP contribution < -0.4 is 4.90 Å². The summed E-state index contributed by atoms with van der Waals surface area (Å²) in [6.07, 6.45) is 0. The van der Waals surface area contributed by atoms with Gasteiger partial charge in [0.05, 0.1) is 12.3 Å². The van der Waals surface area contributed by atoms with Gasteiger partial charge in [0, 0.05) is 26.1 Å². The Balaban J connectivity index is 2.26. The standard InChI is InChI=1S/C12H16ClN5O/c1-19-10-9-17(8-7-13)12-14-15-16-18(12)11-5-3-2-4-6-11/h2-6H,7-10H2,1H3. The molecule has 0 aliphatic heterocycles. The number of anilines is 1. The van der Waals surface area contributed by atoms with Crippen LogP contribution in [0.1, 0.15) is 0 Å². The van der Waals surface area contributed by atoms with Crippen LogP contribution in [0, 0.1) is 0 Å². The van der Waals surface area contributed by atoms with Gasteiger partial charge < -0.3 is 9.64 Å². The summed E-state index contributed by atoms with van der Waals surface area (Å²) in [4.78, 5) is 2.00. The third kappa shape index (κ3) is 3.42. The van der Waals surface area contributed by atoms with Crippen molar-refractivity contribution in [3.8, 4) is 5.69 Å². The van der Waals surface area contributed by atoms with Crippen LogP contribution in [0.25, 0.3) is 5.69 Å². The molecule has 0 saturated heterocycles. The molecule has 102 valence electrons. The van der Waals surface area contributed by atoms with Gasteiger partial charge in [-0.1, -0.05) is 23.3 Å². The van der Waals surface area contributed by atoms with E-state index < -0.39 is 0 Å². The van der Waals surface area contributed by atoms with Gasteiger partial charge in [-0.15, -0.1) is 11.6 Å². The van der Waals surface area contributed by atoms with E-state index in [0.717, 1.165) is 5.69 Å². The fraction of sp³-hybridized carbons (Fsp3) is 0.417. The maximum absolute atomic E-state index is 5.83. The van der Waals surface area contributed by atoms with Gasteiger partial charge in [-0.05, 0) is 22.6 Å². The Morgan fingerprint density at radius 3 is 2.74 bits per heavy atom. The van der Waals surface area contributed by atoms with Crippen molar-refractivity contribution in [3.63, 3.8) is 0 Å². The first kappa shape index (κ1) is 13.8. The lowest BCUT2D eigenvalue weighted by Crippen LogP contribution is -2.31. The van der Waals surface area contributed by atoms with E-state index in [0.29, 0.717) is 31.5 Å². The highest BCUT2D eigenvalue weighted by atomic mass is 35.5. The van der Waals surface area contributed by atoms with E-state index in [9.17, 15) is 0 Å². The Bertz CT molecular complexity index is 490. The Morgan fingerprint density at radius 2 is 2.05 bits per heavy atom. The monoisotopic (exact) mass is 281 g/mol. The molecule has 0 N–H and O–H groups in total. The van der Waals surface area contributed by atoms with Gasteiger partial charge in [-0.3, -0.25) is 0 Å². The molecule has 0 fully saturated rings. The van der Waals surface area contributed by atoms with Crippen LogP contribution in [0.2, 0.25) is 0 Å². The van der Waals surface area contributed by atoms with Crippen molar-refractivity contribution in [2.75, 3.05) is 37.6 Å². The third-order valence-electron chi connectivity index (χ3n) is 2.66. The van der Waals surface area contributed by atoms with Crippen molar-refractivity contribution in [1.82, 2.24) is 20.2 Å². The SMILES string of the molecule is COCCN(CCCl)c1nnnn1-c1ccccc1. The molecule has 0 aliphatic rings. The van der Waals surface area contributed by atoms with E-state index in [4.69, 9.17) is 16.3 Å². The number of methoxy groups -OCH3 is 1. The first-order chi connectivity index (χ1) is 9.36. The van der Waals surface area contributed by atoms with E-state index in [2.05, 4.69) is 15.5 Å². The lowest BCUT2D eigenvalue weighted by Gasteiger charge is -2.21. The molecule has 0 aliphatic carbocycles. The number of aromatic nitrogens is 4. The van der Waals surface area contributed by atoms with Crippen LogP contribution in [0.15, 0.2) is 30.3 Å². The van der Waals surface area contributed by atoms with Crippen LogP contribution in [0.3, 0.4) is 0 Å². The molecule has 7 heteroatoms. The Kier molecular flexibility index (Phi) is 5.11. The number of halogens is 1. The summed E-state index contributed by atoms with van der Waals surface area (Å²) in [5.41, 5.74) is 0.916. The van der Waals surface area contributed by atoms with E-state index in [-0.39, 0.29) is 0 Å². The summed E-state index contributed by atoms with van der Waals surface area (Å²) in [5, 5.41) is 11.9. The van der Waals surface area contributed by atoms with E-state index in [1.807, 2.05) is 35.2 Å². The molecule has 2 aromatic rings. The first-order valence-electron chi connectivity index (χ1n) is 6.00. The molecule has 0 spiro atoms. The molecule has 2 rings (SSSR count). The molecule has 1 aromatic heterocycles. The zero-order valence-corrected chi connectivity index (χ0v) is 11.5. The molecule has 0 unspecified atom stereocenters. The highest BCUT2D eigenvalue weighted by Crippen LogP contribution is 2.14. The van der Waals surface area contributed by atoms with Gasteiger partial charge in [0.1, 0.15) is 0 Å². The van der Waals surface area contributed by atoms with Gasteiger partial charge in [-0.25, -0.2) is 0 Å². The van der Waals surface area contributed by atoms with E-state index in [1.165, 1.54) is 0 Å². The molecule has 0 atom stereocenters. The fourth-order valence-corrected chi connectivity index (χ4v) is 1.94. The number of ether oxygens (including phenoxy) is 1. The number of tetrazole rings is 1. The summed E-state index contributed by atoms with van der Waals surface area (Å²) in [6, 6.07) is 9.75. The first-order valence-corrected chi connectivity index (χ1v) is 6.54. The molecule has 0 bridgehead atoms. The number of nitrogens with zero attached hydrogens (tertiary/aromatic N) is 5. The van der Waals surface area contributed by atoms with Crippen molar-refractivity contribution < 1.29 is 4.74 Å². The minimum Gasteiger partial charge on any atom is -0.383 e. The van der Waals surface area contributed by atoms with Crippen molar-refractivity contribution in [2.24, 2.45) is 0 Å². The molecule has 0 amide bonds. The quantitative estimate of drug-likeness (QED) is 0.717. The van der Waals surface area contributed by atoms with Crippen LogP contribution in [0.4, 0.5) is 5.95 Å². The molecule has 0 radical (unpaired) electrons. The normalized spacial score (nSPS) is 10.6. The predicted octanol–water partition coefficient (Wildman–Crippen LogP) is 1.35. The van der Waals surface area contributed by atoms with Crippen LogP contribution in [0.5, 0.6) is 0 Å². The largest absolute Gasteiger partial charge is 0.383 e. The summed E-state index contributed by atoms with van der Waals surface area (Å²) < 4.78 is 6.80. The number of hydrogen-bond acceptors (Lipinski definition) is 5. The van der Waals surface area contributed by atoms with Gasteiger partial charge in [0.25, 0.3) is 0 Å². The lowest BCUT2D eigenvalue weighted by atomic mass is 10.3. The number of para-hydroxylation sites is 1. The highest BCUT2D eigenvalue weighted by Gasteiger charge is 2.15. The van der Waals surface area contributed by atoms with Crippen LogP contribution in [-0.2, 0) is 4.74 Å². The number of benzene rings is 1. The predicted molar refractivity (Wildman–Crippen MR) is 74.0 cm³/mol. The maximum atomic E-state index is 5.83. The van der Waals surface area contributed by atoms with Gasteiger partial charge in [0.15, 0.2) is 0 Å². The van der Waals surface area contributed by atoms with Gasteiger partial charge in [-0.2, -0.15) is 4.68 Å². The van der Waals surface area contributed by atoms with Crippen molar-refractivity contribution >= 4 is 17.5 Å². The maximum Gasteiger partial charge on any atom is 0.250 e. The minimum absolute atomic E-state index is 0.505. The molecule has 1 aromatic carbocycles. The zero-order valence-electron chi connectivity index (χ0n) is 10.7. The topological polar surface area (TPSA) is 56.1 Å². The van der Waals surface area contributed by atoms with Crippen molar-refractivity contribution in [1.29, 1.82) is 0 Å². The molecular formula is C12H16ClN5O. The third-order valence-corrected chi connectivity index (χ3v) is 2.83. The average Bonchev–Trinajstić information content (AvgIpc) is 2.93. The Morgan fingerprint density at radius 1 is 1.26 bits per heavy atom. The Hall–Kier alpha value is -1.66. The zero-order chi connectivity index (χ0) is 13.5. The molecular weight excluding hydrogens is 266 g/mol. The van der Waals surface area contributed by atoms with Gasteiger partial charge in [0.2, 0.25) is 5.95 Å². The summed E-state index contributed by atoms with van der Waals surface area (Å²) >= 11 is 5.83. The smallest absolute Gasteiger partial charge is 0.250 e. The second-order valence-electron chi connectivity index (χ2n) is 3.90. The van der Waals surface area contributed by atoms with Crippen molar-refractivity contribution in [2.45, 2.75) is 0 Å². The van der Waals surface area contributed by atoms with Gasteiger partial charge >= 0.3 is 0 Å². The summed E-state index contributed by atoms with van der Waals surface area (Å²) in [6.45, 7) is 1.95. The van der Waals surface area contributed by atoms with Crippen LogP contribution in [-0.4, -0.2) is 52.9 Å². The average molecular weight is 282 g/mol. The lowest BCUT2D eigenvalue weighted by molar-refractivity contribution is 0.205. The second-order valence-corrected chi connectivity index (χ2v) is 4.27. The number of alkyl halides is 1. The summed E-state index contributed by atoms with van der Waals surface area (Å²) in [5.74, 6) is 1.18. The van der Waals surface area contributed by atoms with Crippen molar-refractivity contribution in [3.05, 3.63) is 30.3 Å². The van der Waals surface area contributed by atoms with Crippen LogP contribution >= 0.6 is 11.6 Å².